The van der Waals surface area contributed by atoms with E-state index in [0.29, 0.717) is 23.6 Å². The van der Waals surface area contributed by atoms with Gasteiger partial charge in [0.1, 0.15) is 5.82 Å². The van der Waals surface area contributed by atoms with Crippen LogP contribution in [0.2, 0.25) is 0 Å². The number of nitrogens with zero attached hydrogens (tertiary/aromatic N) is 4. The lowest BCUT2D eigenvalue weighted by Gasteiger charge is -2.31. The van der Waals surface area contributed by atoms with Crippen LogP contribution in [-0.2, 0) is 20.8 Å². The van der Waals surface area contributed by atoms with Crippen molar-refractivity contribution in [2.75, 3.05) is 23.3 Å². The Bertz CT molecular complexity index is 1370. The summed E-state index contributed by atoms with van der Waals surface area (Å²) in [6, 6.07) is 11.4. The quantitative estimate of drug-likeness (QED) is 0.228. The highest BCUT2D eigenvalue weighted by atomic mass is 19.4. The van der Waals surface area contributed by atoms with Crippen molar-refractivity contribution in [2.24, 2.45) is 11.7 Å². The van der Waals surface area contributed by atoms with Crippen LogP contribution >= 0.6 is 0 Å². The Morgan fingerprint density at radius 1 is 1.14 bits per heavy atom. The number of halogens is 6. The van der Waals surface area contributed by atoms with Crippen LogP contribution < -0.4 is 16.0 Å². The van der Waals surface area contributed by atoms with Gasteiger partial charge in [-0.25, -0.2) is 14.3 Å². The van der Waals surface area contributed by atoms with Crippen LogP contribution in [0.25, 0.3) is 5.65 Å². The summed E-state index contributed by atoms with van der Waals surface area (Å²) >= 11 is 0. The molecule has 18 heteroatoms. The first-order valence-electron chi connectivity index (χ1n) is 12.7. The second-order valence-corrected chi connectivity index (χ2v) is 8.86. The van der Waals surface area contributed by atoms with Gasteiger partial charge in [0.15, 0.2) is 11.5 Å². The number of aryl methyl sites for hydroxylation is 1. The smallest absolute Gasteiger partial charge is 0.483 e. The van der Waals surface area contributed by atoms with Gasteiger partial charge in [-0.05, 0) is 49.1 Å². The summed E-state index contributed by atoms with van der Waals surface area (Å²) in [5.41, 5.74) is 7.92. The van der Waals surface area contributed by atoms with Crippen LogP contribution in [0.5, 0.6) is 0 Å². The Labute approximate surface area is 246 Å². The Hall–Kier alpha value is -4.90. The fraction of sp³-hybridized carbons (Fsp3) is 0.385. The van der Waals surface area contributed by atoms with Gasteiger partial charge >= 0.3 is 18.8 Å². The number of aliphatic carboxylic acids is 1. The zero-order chi connectivity index (χ0) is 33.4. The molecule has 1 unspecified atom stereocenters. The molecule has 12 nitrogen and oxygen atoms in total. The number of nitrogens with two attached hydrogens (primary N) is 1. The van der Waals surface area contributed by atoms with Crippen molar-refractivity contribution in [1.29, 1.82) is 0 Å². The second kappa shape index (κ2) is 17.9. The topological polar surface area (TPSA) is 180 Å². The average molecular weight is 637 g/mol. The number of anilines is 2. The van der Waals surface area contributed by atoms with Crippen molar-refractivity contribution in [3.63, 3.8) is 0 Å². The minimum Gasteiger partial charge on any atom is -0.483 e. The molecule has 1 fully saturated rings. The number of amides is 2. The van der Waals surface area contributed by atoms with E-state index in [-0.39, 0.29) is 24.2 Å². The zero-order valence-electron chi connectivity index (χ0n) is 23.2. The van der Waals surface area contributed by atoms with Gasteiger partial charge in [-0.15, -0.1) is 5.10 Å². The molecule has 44 heavy (non-hydrogen) atoms. The Morgan fingerprint density at radius 3 is 2.20 bits per heavy atom. The predicted molar refractivity (Wildman–Crippen MR) is 145 cm³/mol. The van der Waals surface area contributed by atoms with E-state index in [2.05, 4.69) is 27.2 Å². The molecular formula is C26H30F6N6O6. The number of carbonyl (C=O) groups is 4. The van der Waals surface area contributed by atoms with Gasteiger partial charge < -0.3 is 26.2 Å². The molecule has 1 aromatic carbocycles. The molecule has 5 N–H and O–H groups in total. The summed E-state index contributed by atoms with van der Waals surface area (Å²) < 4.78 is 62.4. The summed E-state index contributed by atoms with van der Waals surface area (Å²) in [7, 11) is 0. The minimum absolute atomic E-state index is 0.155. The molecule has 0 saturated carbocycles. The number of primary amides is 1. The Balaban J connectivity index is 0.000000581. The van der Waals surface area contributed by atoms with Crippen molar-refractivity contribution >= 4 is 41.5 Å². The number of carboxylic acid groups (broad SMARTS) is 2. The number of aromatic nitrogens is 3. The maximum absolute atomic E-state index is 12.5. The third-order valence-corrected chi connectivity index (χ3v) is 5.69. The molecule has 1 atom stereocenters. The summed E-state index contributed by atoms with van der Waals surface area (Å²) in [4.78, 5) is 47.8. The monoisotopic (exact) mass is 636 g/mol. The number of hydrogen-bond acceptors (Lipinski definition) is 7. The highest BCUT2D eigenvalue weighted by molar-refractivity contribution is 6.03. The highest BCUT2D eigenvalue weighted by Gasteiger charge is 2.38. The SMILES string of the molecule is CCCc1ccc(C(=O)Nc2cn3nc(N4CCCC(C(N)=O)C4)ccc3n2)cc1.FC(F)F.O=C(O)C(F)(F)F.O=CO. The van der Waals surface area contributed by atoms with E-state index in [1.54, 1.807) is 10.7 Å². The molecule has 3 heterocycles. The number of benzene rings is 1. The van der Waals surface area contributed by atoms with E-state index in [9.17, 15) is 35.9 Å². The number of nitrogens with one attached hydrogen (secondary N) is 1. The van der Waals surface area contributed by atoms with Gasteiger partial charge in [-0.3, -0.25) is 14.4 Å². The zero-order valence-corrected chi connectivity index (χ0v) is 23.2. The number of alkyl halides is 6. The standard InChI is InChI=1S/C22H26N6O2.C2HF3O2.CHF3.CH2O2/c1-2-4-15-6-8-16(9-7-15)22(30)25-18-14-28-19(24-18)10-11-20(26-28)27-12-3-5-17(13-27)21(23)29;3-2(4,5)1(6)7;2-1(3)4;2-1-3/h6-11,14,17H,2-5,12-13H2,1H3,(H2,23,29)(H,25,30);(H,6,7);1H;1H,(H,2,3). The number of piperidine rings is 1. The molecule has 242 valence electrons. The van der Waals surface area contributed by atoms with E-state index in [1.807, 2.05) is 36.4 Å². The van der Waals surface area contributed by atoms with Crippen LogP contribution in [-0.4, -0.2) is 75.0 Å². The summed E-state index contributed by atoms with van der Waals surface area (Å²) in [5.74, 6) is -2.19. The van der Waals surface area contributed by atoms with Gasteiger partial charge in [-0.2, -0.15) is 26.3 Å². The lowest BCUT2D eigenvalue weighted by Crippen LogP contribution is -2.41. The van der Waals surface area contributed by atoms with Crippen molar-refractivity contribution in [3.05, 3.63) is 53.7 Å². The van der Waals surface area contributed by atoms with Gasteiger partial charge in [0.05, 0.1) is 12.1 Å². The summed E-state index contributed by atoms with van der Waals surface area (Å²) in [6.07, 6.45) is 0.393. The molecule has 1 aliphatic rings. The predicted octanol–water partition coefficient (Wildman–Crippen LogP) is 4.15. The van der Waals surface area contributed by atoms with E-state index < -0.39 is 18.8 Å². The van der Waals surface area contributed by atoms with E-state index in [4.69, 9.17) is 25.5 Å². The number of carboxylic acids is 1. The van der Waals surface area contributed by atoms with E-state index >= 15 is 0 Å². The summed E-state index contributed by atoms with van der Waals surface area (Å²) in [6.45, 7) is -0.389. The number of rotatable bonds is 6. The van der Waals surface area contributed by atoms with E-state index in [1.165, 1.54) is 5.56 Å². The van der Waals surface area contributed by atoms with Crippen LogP contribution in [0.15, 0.2) is 42.6 Å². The van der Waals surface area contributed by atoms with Crippen LogP contribution in [0, 0.1) is 5.92 Å². The van der Waals surface area contributed by atoms with Gasteiger partial charge in [-0.1, -0.05) is 25.5 Å². The first-order valence-corrected chi connectivity index (χ1v) is 12.7. The number of hydrogen-bond donors (Lipinski definition) is 4. The van der Waals surface area contributed by atoms with Gasteiger partial charge in [0.2, 0.25) is 5.91 Å². The molecule has 0 spiro atoms. The number of carbonyl (C=O) groups excluding carboxylic acids is 2. The average Bonchev–Trinajstić information content (AvgIpc) is 3.35. The lowest BCUT2D eigenvalue weighted by atomic mass is 9.97. The second-order valence-electron chi connectivity index (χ2n) is 8.86. The van der Waals surface area contributed by atoms with Crippen molar-refractivity contribution < 1.29 is 55.7 Å². The van der Waals surface area contributed by atoms with Crippen molar-refractivity contribution in [3.8, 4) is 0 Å². The van der Waals surface area contributed by atoms with Gasteiger partial charge in [0.25, 0.3) is 12.4 Å². The molecule has 2 aromatic heterocycles. The normalized spacial score (nSPS) is 14.2. The lowest BCUT2D eigenvalue weighted by molar-refractivity contribution is -0.192. The molecule has 0 aliphatic carbocycles. The fourth-order valence-electron chi connectivity index (χ4n) is 3.82. The molecule has 4 rings (SSSR count). The Morgan fingerprint density at radius 2 is 1.70 bits per heavy atom. The third kappa shape index (κ3) is 13.0. The number of fused-ring (bicyclic) bond motifs is 1. The highest BCUT2D eigenvalue weighted by Crippen LogP contribution is 2.22. The molecule has 3 aromatic rings. The third-order valence-electron chi connectivity index (χ3n) is 5.69. The fourth-order valence-corrected chi connectivity index (χ4v) is 3.82. The van der Waals surface area contributed by atoms with Crippen LogP contribution in [0.1, 0.15) is 42.1 Å². The first-order chi connectivity index (χ1) is 20.6. The molecule has 0 bridgehead atoms. The van der Waals surface area contributed by atoms with Gasteiger partial charge in [0, 0.05) is 18.7 Å². The van der Waals surface area contributed by atoms with Crippen molar-refractivity contribution in [2.45, 2.75) is 45.5 Å². The Kier molecular flexibility index (Phi) is 15.1. The van der Waals surface area contributed by atoms with Crippen molar-refractivity contribution in [1.82, 2.24) is 14.6 Å². The minimum atomic E-state index is -5.08. The molecule has 2 amide bonds. The number of imidazole rings is 1. The molecular weight excluding hydrogens is 606 g/mol. The molecule has 1 aliphatic heterocycles. The first kappa shape index (κ1) is 37.1. The van der Waals surface area contributed by atoms with E-state index in [0.717, 1.165) is 38.0 Å². The summed E-state index contributed by atoms with van der Waals surface area (Å²) in [5, 5.41) is 21.5. The largest absolute Gasteiger partial charge is 0.490 e. The van der Waals surface area contributed by atoms with Crippen LogP contribution in [0.4, 0.5) is 38.0 Å². The molecule has 1 saturated heterocycles. The van der Waals surface area contributed by atoms with Crippen LogP contribution in [0.3, 0.4) is 0 Å². The molecule has 0 radical (unpaired) electrons. The maximum atomic E-state index is 12.5. The maximum Gasteiger partial charge on any atom is 0.490 e.